The Kier molecular flexibility index (Phi) is 4.54. The third-order valence-corrected chi connectivity index (χ3v) is 3.95. The van der Waals surface area contributed by atoms with Gasteiger partial charge in [0.2, 0.25) is 0 Å². The largest absolute Gasteiger partial charge is 0.271 e. The summed E-state index contributed by atoms with van der Waals surface area (Å²) in [6, 6.07) is 10.9. The highest BCUT2D eigenvalue weighted by Crippen LogP contribution is 2.27. The summed E-state index contributed by atoms with van der Waals surface area (Å²) >= 11 is 2.13. The van der Waals surface area contributed by atoms with E-state index >= 15 is 0 Å². The quantitative estimate of drug-likeness (QED) is 0.492. The summed E-state index contributed by atoms with van der Waals surface area (Å²) in [6.45, 7) is 4.11. The van der Waals surface area contributed by atoms with Gasteiger partial charge in [0.1, 0.15) is 5.82 Å². The van der Waals surface area contributed by atoms with E-state index in [4.69, 9.17) is 5.84 Å². The van der Waals surface area contributed by atoms with Gasteiger partial charge in [-0.1, -0.05) is 35.4 Å². The molecule has 0 amide bonds. The zero-order valence-electron chi connectivity index (χ0n) is 10.9. The first kappa shape index (κ1) is 14.4. The third-order valence-electron chi connectivity index (χ3n) is 3.02. The van der Waals surface area contributed by atoms with Crippen LogP contribution in [-0.2, 0) is 0 Å². The molecule has 0 spiro atoms. The van der Waals surface area contributed by atoms with Crippen LogP contribution in [0, 0.1) is 23.2 Å². The normalized spacial score (nSPS) is 12.5. The zero-order valence-corrected chi connectivity index (χ0v) is 13.0. The number of hydrazine groups is 1. The fourth-order valence-corrected chi connectivity index (χ4v) is 3.07. The van der Waals surface area contributed by atoms with Crippen molar-refractivity contribution < 1.29 is 4.39 Å². The standard InChI is InChI=1S/C15H16FIN2/c1-9-5-10(2)7-11(6-9)15(19-18)13-4-3-12(16)8-14(13)17/h3-8,15,19H,18H2,1-2H3. The molecule has 0 saturated heterocycles. The molecule has 100 valence electrons. The smallest absolute Gasteiger partial charge is 0.124 e. The van der Waals surface area contributed by atoms with Crippen molar-refractivity contribution in [2.45, 2.75) is 19.9 Å². The van der Waals surface area contributed by atoms with Crippen LogP contribution in [0.4, 0.5) is 4.39 Å². The number of rotatable bonds is 3. The predicted octanol–water partition coefficient (Wildman–Crippen LogP) is 3.60. The topological polar surface area (TPSA) is 38.0 Å². The van der Waals surface area contributed by atoms with E-state index in [2.05, 4.69) is 60.1 Å². The molecule has 1 unspecified atom stereocenters. The van der Waals surface area contributed by atoms with E-state index in [-0.39, 0.29) is 11.9 Å². The van der Waals surface area contributed by atoms with E-state index in [1.165, 1.54) is 23.3 Å². The lowest BCUT2D eigenvalue weighted by atomic mass is 9.96. The van der Waals surface area contributed by atoms with Crippen LogP contribution < -0.4 is 11.3 Å². The van der Waals surface area contributed by atoms with Crippen molar-refractivity contribution in [1.29, 1.82) is 0 Å². The molecular formula is C15H16FIN2. The van der Waals surface area contributed by atoms with Gasteiger partial charge >= 0.3 is 0 Å². The van der Waals surface area contributed by atoms with Crippen LogP contribution >= 0.6 is 22.6 Å². The highest BCUT2D eigenvalue weighted by molar-refractivity contribution is 14.1. The summed E-state index contributed by atoms with van der Waals surface area (Å²) in [4.78, 5) is 0. The van der Waals surface area contributed by atoms with E-state index in [1.54, 1.807) is 6.07 Å². The van der Waals surface area contributed by atoms with Crippen LogP contribution in [0.5, 0.6) is 0 Å². The molecule has 0 aromatic heterocycles. The molecule has 0 heterocycles. The average Bonchev–Trinajstić information content (AvgIpc) is 2.31. The van der Waals surface area contributed by atoms with Gasteiger partial charge in [0.25, 0.3) is 0 Å². The SMILES string of the molecule is Cc1cc(C)cc(C(NN)c2ccc(F)cc2I)c1. The summed E-state index contributed by atoms with van der Waals surface area (Å²) in [6.07, 6.45) is 0. The molecule has 2 aromatic rings. The number of hydrogen-bond acceptors (Lipinski definition) is 2. The number of benzene rings is 2. The summed E-state index contributed by atoms with van der Waals surface area (Å²) in [5.74, 6) is 5.46. The summed E-state index contributed by atoms with van der Waals surface area (Å²) < 4.78 is 14.0. The minimum atomic E-state index is -0.232. The Labute approximate surface area is 126 Å². The number of halogens is 2. The first-order chi connectivity index (χ1) is 9.01. The molecule has 0 aliphatic carbocycles. The van der Waals surface area contributed by atoms with Crippen molar-refractivity contribution >= 4 is 22.6 Å². The monoisotopic (exact) mass is 370 g/mol. The molecule has 3 N–H and O–H groups in total. The molecule has 0 radical (unpaired) electrons. The predicted molar refractivity (Wildman–Crippen MR) is 84.2 cm³/mol. The summed E-state index contributed by atoms with van der Waals surface area (Å²) in [5, 5.41) is 0. The minimum Gasteiger partial charge on any atom is -0.271 e. The minimum absolute atomic E-state index is 0.133. The molecule has 0 aliphatic heterocycles. The molecule has 2 nitrogen and oxygen atoms in total. The van der Waals surface area contributed by atoms with Gasteiger partial charge in [0.15, 0.2) is 0 Å². The van der Waals surface area contributed by atoms with Crippen molar-refractivity contribution in [2.24, 2.45) is 5.84 Å². The molecule has 0 saturated carbocycles. The summed E-state index contributed by atoms with van der Waals surface area (Å²) in [5.41, 5.74) is 7.27. The van der Waals surface area contributed by atoms with Crippen LogP contribution in [0.3, 0.4) is 0 Å². The van der Waals surface area contributed by atoms with Gasteiger partial charge in [-0.15, -0.1) is 0 Å². The first-order valence-electron chi connectivity index (χ1n) is 6.00. The van der Waals surface area contributed by atoms with Crippen molar-refractivity contribution in [3.05, 3.63) is 68.0 Å². The Morgan fingerprint density at radius 2 is 1.74 bits per heavy atom. The Morgan fingerprint density at radius 3 is 2.26 bits per heavy atom. The van der Waals surface area contributed by atoms with Crippen LogP contribution in [-0.4, -0.2) is 0 Å². The molecule has 1 atom stereocenters. The van der Waals surface area contributed by atoms with Crippen molar-refractivity contribution in [1.82, 2.24) is 5.43 Å². The van der Waals surface area contributed by atoms with Gasteiger partial charge in [-0.2, -0.15) is 0 Å². The maximum Gasteiger partial charge on any atom is 0.124 e. The number of aryl methyl sites for hydroxylation is 2. The maximum absolute atomic E-state index is 13.2. The molecule has 0 fully saturated rings. The van der Waals surface area contributed by atoms with E-state index in [9.17, 15) is 4.39 Å². The molecule has 2 rings (SSSR count). The van der Waals surface area contributed by atoms with Crippen LogP contribution in [0.1, 0.15) is 28.3 Å². The summed E-state index contributed by atoms with van der Waals surface area (Å²) in [7, 11) is 0. The first-order valence-corrected chi connectivity index (χ1v) is 7.08. The fourth-order valence-electron chi connectivity index (χ4n) is 2.28. The number of nitrogens with two attached hydrogens (primary N) is 1. The van der Waals surface area contributed by atoms with Gasteiger partial charge in [-0.25, -0.2) is 9.82 Å². The van der Waals surface area contributed by atoms with Crippen molar-refractivity contribution in [2.75, 3.05) is 0 Å². The number of hydrogen-bond donors (Lipinski definition) is 2. The highest BCUT2D eigenvalue weighted by Gasteiger charge is 2.16. The second-order valence-electron chi connectivity index (χ2n) is 4.69. The van der Waals surface area contributed by atoms with Crippen LogP contribution in [0.15, 0.2) is 36.4 Å². The van der Waals surface area contributed by atoms with E-state index in [0.717, 1.165) is 14.7 Å². The zero-order chi connectivity index (χ0) is 14.0. The van der Waals surface area contributed by atoms with Gasteiger partial charge in [0.05, 0.1) is 6.04 Å². The second kappa shape index (κ2) is 5.98. The Balaban J connectivity index is 2.49. The lowest BCUT2D eigenvalue weighted by molar-refractivity contribution is 0.612. The molecular weight excluding hydrogens is 354 g/mol. The Hall–Kier alpha value is -0.980. The lowest BCUT2D eigenvalue weighted by Gasteiger charge is -2.19. The van der Waals surface area contributed by atoms with Crippen LogP contribution in [0.25, 0.3) is 0 Å². The fraction of sp³-hybridized carbons (Fsp3) is 0.200. The van der Waals surface area contributed by atoms with E-state index in [0.29, 0.717) is 0 Å². The molecule has 4 heteroatoms. The Bertz CT molecular complexity index is 578. The van der Waals surface area contributed by atoms with Crippen molar-refractivity contribution in [3.63, 3.8) is 0 Å². The lowest BCUT2D eigenvalue weighted by Crippen LogP contribution is -2.29. The van der Waals surface area contributed by atoms with Gasteiger partial charge in [0, 0.05) is 3.57 Å². The van der Waals surface area contributed by atoms with Crippen molar-refractivity contribution in [3.8, 4) is 0 Å². The van der Waals surface area contributed by atoms with E-state index in [1.807, 2.05) is 0 Å². The Morgan fingerprint density at radius 1 is 1.11 bits per heavy atom. The average molecular weight is 370 g/mol. The molecule has 0 aliphatic rings. The highest BCUT2D eigenvalue weighted by atomic mass is 127. The molecule has 0 bridgehead atoms. The second-order valence-corrected chi connectivity index (χ2v) is 5.85. The van der Waals surface area contributed by atoms with Crippen LogP contribution in [0.2, 0.25) is 0 Å². The van der Waals surface area contributed by atoms with Gasteiger partial charge < -0.3 is 0 Å². The van der Waals surface area contributed by atoms with Gasteiger partial charge in [-0.05, 0) is 59.7 Å². The number of nitrogens with one attached hydrogen (secondary N) is 1. The third kappa shape index (κ3) is 3.32. The maximum atomic E-state index is 13.2. The van der Waals surface area contributed by atoms with E-state index < -0.39 is 0 Å². The molecule has 2 aromatic carbocycles. The van der Waals surface area contributed by atoms with Gasteiger partial charge in [-0.3, -0.25) is 5.84 Å². The molecule has 19 heavy (non-hydrogen) atoms.